The highest BCUT2D eigenvalue weighted by molar-refractivity contribution is 6.52. The molecule has 5 heteroatoms. The smallest absolute Gasteiger partial charge is 0.339 e. The molecule has 2 nitrogen and oxygen atoms in total. The van der Waals surface area contributed by atoms with Crippen LogP contribution in [0.5, 0.6) is 0 Å². The van der Waals surface area contributed by atoms with Gasteiger partial charge in [-0.25, -0.2) is 4.79 Å². The van der Waals surface area contributed by atoms with Gasteiger partial charge in [-0.15, -0.1) is 11.6 Å². The molecule has 0 amide bonds. The summed E-state index contributed by atoms with van der Waals surface area (Å²) in [7, 11) is 0. The normalized spacial score (nSPS) is 12.9. The number of alkyl halides is 3. The zero-order valence-electron chi connectivity index (χ0n) is 8.85. The summed E-state index contributed by atoms with van der Waals surface area (Å²) in [5.41, 5.74) is 0. The first-order valence-electron chi connectivity index (χ1n) is 5.13. The monoisotopic (exact) mass is 274 g/mol. The lowest BCUT2D eigenvalue weighted by atomic mass is 10.1. The highest BCUT2D eigenvalue weighted by Gasteiger charge is 2.11. The van der Waals surface area contributed by atoms with Crippen molar-refractivity contribution in [2.24, 2.45) is 0 Å². The Balaban J connectivity index is 3.15. The first-order valence-corrected chi connectivity index (χ1v) is 6.44. The summed E-state index contributed by atoms with van der Waals surface area (Å²) in [6.45, 7) is 2.38. The van der Waals surface area contributed by atoms with Gasteiger partial charge >= 0.3 is 5.97 Å². The number of unbranched alkanes of at least 4 members (excludes halogenated alkanes) is 3. The molecule has 0 saturated carbocycles. The SMILES string of the molecule is CC(Cl)CCCCCCOC(=O)C(Cl)Cl. The van der Waals surface area contributed by atoms with Crippen molar-refractivity contribution in [2.45, 2.75) is 49.2 Å². The summed E-state index contributed by atoms with van der Waals surface area (Å²) < 4.78 is 4.80. The molecule has 0 heterocycles. The molecule has 0 aliphatic carbocycles. The molecule has 0 aromatic rings. The summed E-state index contributed by atoms with van der Waals surface area (Å²) in [6.07, 6.45) is 5.15. The lowest BCUT2D eigenvalue weighted by Crippen LogP contribution is -2.13. The molecule has 0 N–H and O–H groups in total. The molecule has 0 fully saturated rings. The Bertz CT molecular complexity index is 172. The molecular weight excluding hydrogens is 258 g/mol. The minimum atomic E-state index is -1.07. The zero-order valence-corrected chi connectivity index (χ0v) is 11.1. The second-order valence-electron chi connectivity index (χ2n) is 3.45. The van der Waals surface area contributed by atoms with E-state index in [4.69, 9.17) is 39.5 Å². The van der Waals surface area contributed by atoms with Crippen LogP contribution in [-0.4, -0.2) is 22.8 Å². The Morgan fingerprint density at radius 2 is 1.73 bits per heavy atom. The number of hydrogen-bond donors (Lipinski definition) is 0. The fourth-order valence-corrected chi connectivity index (χ4v) is 1.40. The quantitative estimate of drug-likeness (QED) is 0.381. The largest absolute Gasteiger partial charge is 0.464 e. The summed E-state index contributed by atoms with van der Waals surface area (Å²) in [6, 6.07) is 0. The van der Waals surface area contributed by atoms with Gasteiger partial charge in [0.25, 0.3) is 0 Å². The first-order chi connectivity index (χ1) is 7.04. The van der Waals surface area contributed by atoms with E-state index in [2.05, 4.69) is 0 Å². The maximum absolute atomic E-state index is 10.8. The van der Waals surface area contributed by atoms with Crippen LogP contribution in [0.25, 0.3) is 0 Å². The third-order valence-electron chi connectivity index (χ3n) is 1.92. The fraction of sp³-hybridized carbons (Fsp3) is 0.900. The number of halogens is 3. The predicted octanol–water partition coefficient (Wildman–Crippen LogP) is 3.91. The van der Waals surface area contributed by atoms with Gasteiger partial charge in [0.2, 0.25) is 4.84 Å². The van der Waals surface area contributed by atoms with E-state index in [1.807, 2.05) is 6.92 Å². The standard InChI is InChI=1S/C10H17Cl3O2/c1-8(11)6-4-2-3-5-7-15-10(14)9(12)13/h8-9H,2-7H2,1H3. The molecule has 1 atom stereocenters. The van der Waals surface area contributed by atoms with Gasteiger partial charge in [-0.05, 0) is 19.8 Å². The number of carbonyl (C=O) groups excluding carboxylic acids is 1. The van der Waals surface area contributed by atoms with Crippen LogP contribution in [0.15, 0.2) is 0 Å². The molecule has 0 aliphatic rings. The number of carbonyl (C=O) groups is 1. The van der Waals surface area contributed by atoms with Crippen LogP contribution in [0.1, 0.15) is 39.0 Å². The highest BCUT2D eigenvalue weighted by Crippen LogP contribution is 2.10. The summed E-state index contributed by atoms with van der Waals surface area (Å²) in [5, 5.41) is 0.246. The van der Waals surface area contributed by atoms with Crippen molar-refractivity contribution in [3.05, 3.63) is 0 Å². The Hall–Kier alpha value is 0.340. The topological polar surface area (TPSA) is 26.3 Å². The van der Waals surface area contributed by atoms with Gasteiger partial charge in [-0.2, -0.15) is 0 Å². The molecule has 15 heavy (non-hydrogen) atoms. The number of esters is 1. The molecule has 0 radical (unpaired) electrons. The van der Waals surface area contributed by atoms with Gasteiger partial charge in [0.15, 0.2) is 0 Å². The third kappa shape index (κ3) is 10.6. The predicted molar refractivity (Wildman–Crippen MR) is 64.9 cm³/mol. The van der Waals surface area contributed by atoms with Crippen LogP contribution < -0.4 is 0 Å². The van der Waals surface area contributed by atoms with Crippen molar-refractivity contribution in [3.63, 3.8) is 0 Å². The van der Waals surface area contributed by atoms with Crippen LogP contribution in [0.2, 0.25) is 0 Å². The Kier molecular flexibility index (Phi) is 9.77. The van der Waals surface area contributed by atoms with E-state index in [9.17, 15) is 4.79 Å². The Morgan fingerprint density at radius 3 is 2.27 bits per heavy atom. The summed E-state index contributed by atoms with van der Waals surface area (Å²) >= 11 is 16.4. The van der Waals surface area contributed by atoms with Gasteiger partial charge in [0, 0.05) is 5.38 Å². The van der Waals surface area contributed by atoms with Crippen molar-refractivity contribution in [3.8, 4) is 0 Å². The Labute approximate surface area is 106 Å². The number of rotatable bonds is 8. The Morgan fingerprint density at radius 1 is 1.13 bits per heavy atom. The van der Waals surface area contributed by atoms with E-state index in [-0.39, 0.29) is 5.38 Å². The zero-order chi connectivity index (χ0) is 11.7. The van der Waals surface area contributed by atoms with Crippen molar-refractivity contribution in [1.29, 1.82) is 0 Å². The number of ether oxygens (including phenoxy) is 1. The maximum Gasteiger partial charge on any atom is 0.339 e. The van der Waals surface area contributed by atoms with Gasteiger partial charge < -0.3 is 4.74 Å². The highest BCUT2D eigenvalue weighted by atomic mass is 35.5. The minimum Gasteiger partial charge on any atom is -0.464 e. The first kappa shape index (κ1) is 15.3. The number of hydrogen-bond acceptors (Lipinski definition) is 2. The van der Waals surface area contributed by atoms with Crippen molar-refractivity contribution >= 4 is 40.8 Å². The van der Waals surface area contributed by atoms with Crippen LogP contribution >= 0.6 is 34.8 Å². The molecule has 1 unspecified atom stereocenters. The molecule has 0 saturated heterocycles. The average Bonchev–Trinajstić information content (AvgIpc) is 2.15. The molecule has 90 valence electrons. The molecule has 0 rings (SSSR count). The van der Waals surface area contributed by atoms with Gasteiger partial charge in [0.05, 0.1) is 6.61 Å². The van der Waals surface area contributed by atoms with Gasteiger partial charge in [-0.3, -0.25) is 0 Å². The molecule has 0 bridgehead atoms. The molecule has 0 spiro atoms. The summed E-state index contributed by atoms with van der Waals surface area (Å²) in [4.78, 5) is 9.75. The van der Waals surface area contributed by atoms with E-state index in [0.29, 0.717) is 6.61 Å². The van der Waals surface area contributed by atoms with E-state index in [0.717, 1.165) is 32.1 Å². The lowest BCUT2D eigenvalue weighted by molar-refractivity contribution is -0.141. The van der Waals surface area contributed by atoms with Gasteiger partial charge in [-0.1, -0.05) is 42.5 Å². The van der Waals surface area contributed by atoms with Crippen molar-refractivity contribution < 1.29 is 9.53 Å². The third-order valence-corrected chi connectivity index (χ3v) is 2.49. The van der Waals surface area contributed by atoms with Crippen molar-refractivity contribution in [2.75, 3.05) is 6.61 Å². The van der Waals surface area contributed by atoms with Crippen LogP contribution in [0, 0.1) is 0 Å². The van der Waals surface area contributed by atoms with E-state index >= 15 is 0 Å². The van der Waals surface area contributed by atoms with Crippen LogP contribution in [0.3, 0.4) is 0 Å². The lowest BCUT2D eigenvalue weighted by Gasteiger charge is -2.05. The molecular formula is C10H17Cl3O2. The summed E-state index contributed by atoms with van der Waals surface area (Å²) in [5.74, 6) is -0.562. The van der Waals surface area contributed by atoms with Crippen LogP contribution in [0.4, 0.5) is 0 Å². The second kappa shape index (κ2) is 9.56. The molecule has 0 aromatic heterocycles. The second-order valence-corrected chi connectivity index (χ2v) is 5.29. The fourth-order valence-electron chi connectivity index (χ4n) is 1.12. The van der Waals surface area contributed by atoms with E-state index in [1.54, 1.807) is 0 Å². The average molecular weight is 276 g/mol. The van der Waals surface area contributed by atoms with Crippen LogP contribution in [-0.2, 0) is 9.53 Å². The maximum atomic E-state index is 10.8. The molecule has 0 aliphatic heterocycles. The van der Waals surface area contributed by atoms with Gasteiger partial charge in [0.1, 0.15) is 0 Å². The van der Waals surface area contributed by atoms with E-state index in [1.165, 1.54) is 0 Å². The van der Waals surface area contributed by atoms with E-state index < -0.39 is 10.8 Å². The minimum absolute atomic E-state index is 0.246. The molecule has 0 aromatic carbocycles. The van der Waals surface area contributed by atoms with Crippen molar-refractivity contribution in [1.82, 2.24) is 0 Å².